The molecule has 0 radical (unpaired) electrons. The number of aryl methyl sites for hydroxylation is 1. The summed E-state index contributed by atoms with van der Waals surface area (Å²) in [6.45, 7) is 2.42. The molecule has 0 spiro atoms. The maximum atomic E-state index is 13.6. The quantitative estimate of drug-likeness (QED) is 0.539. The number of aromatic nitrogens is 3. The van der Waals surface area contributed by atoms with Gasteiger partial charge in [-0.05, 0) is 54.8 Å². The Labute approximate surface area is 162 Å². The number of carbonyl (C=O) groups is 1. The number of halogens is 1. The highest BCUT2D eigenvalue weighted by Crippen LogP contribution is 2.23. The van der Waals surface area contributed by atoms with Crippen LogP contribution in [0.15, 0.2) is 60.9 Å². The smallest absolute Gasteiger partial charge is 0.224 e. The molecule has 2 aromatic carbocycles. The number of rotatable bonds is 6. The van der Waals surface area contributed by atoms with E-state index in [9.17, 15) is 9.18 Å². The summed E-state index contributed by atoms with van der Waals surface area (Å²) in [6.07, 6.45) is 4.69. The number of carbonyl (C=O) groups excluding carboxylic acids is 1. The SMILES string of the molecule is Cc1[nH]c2ccc(F)cc2c1CC(=O)NCCc1cnn(-c2ccccc2)c1. The Bertz CT molecular complexity index is 1110. The van der Waals surface area contributed by atoms with Crippen molar-refractivity contribution < 1.29 is 9.18 Å². The predicted octanol–water partition coefficient (Wildman–Crippen LogP) is 3.70. The summed E-state index contributed by atoms with van der Waals surface area (Å²) in [5.74, 6) is -0.382. The second kappa shape index (κ2) is 7.68. The van der Waals surface area contributed by atoms with E-state index in [0.29, 0.717) is 13.0 Å². The highest BCUT2D eigenvalue weighted by atomic mass is 19.1. The van der Waals surface area contributed by atoms with Crippen LogP contribution in [0.3, 0.4) is 0 Å². The van der Waals surface area contributed by atoms with Crippen LogP contribution < -0.4 is 5.32 Å². The van der Waals surface area contributed by atoms with Crippen molar-refractivity contribution in [3.8, 4) is 5.69 Å². The number of H-pyrrole nitrogens is 1. The Morgan fingerprint density at radius 3 is 2.86 bits per heavy atom. The Morgan fingerprint density at radius 2 is 2.04 bits per heavy atom. The van der Waals surface area contributed by atoms with Crippen LogP contribution in [0.2, 0.25) is 0 Å². The van der Waals surface area contributed by atoms with Crippen molar-refractivity contribution in [2.45, 2.75) is 19.8 Å². The Kier molecular flexibility index (Phi) is 4.93. The maximum absolute atomic E-state index is 13.6. The minimum absolute atomic E-state index is 0.0799. The zero-order chi connectivity index (χ0) is 19.5. The fourth-order valence-corrected chi connectivity index (χ4v) is 3.36. The van der Waals surface area contributed by atoms with Gasteiger partial charge in [-0.1, -0.05) is 18.2 Å². The fourth-order valence-electron chi connectivity index (χ4n) is 3.36. The first kappa shape index (κ1) is 18.0. The second-order valence-electron chi connectivity index (χ2n) is 6.82. The van der Waals surface area contributed by atoms with Crippen molar-refractivity contribution in [3.05, 3.63) is 83.6 Å². The topological polar surface area (TPSA) is 62.7 Å². The molecule has 0 aliphatic heterocycles. The lowest BCUT2D eigenvalue weighted by Crippen LogP contribution is -2.27. The minimum atomic E-state index is -0.302. The molecule has 5 nitrogen and oxygen atoms in total. The van der Waals surface area contributed by atoms with E-state index in [4.69, 9.17) is 0 Å². The molecule has 2 aromatic heterocycles. The number of nitrogens with one attached hydrogen (secondary N) is 2. The van der Waals surface area contributed by atoms with Gasteiger partial charge in [0.05, 0.1) is 18.3 Å². The molecular weight excluding hydrogens is 355 g/mol. The molecule has 4 rings (SSSR count). The minimum Gasteiger partial charge on any atom is -0.358 e. The molecule has 6 heteroatoms. The van der Waals surface area contributed by atoms with Crippen LogP contribution in [0.1, 0.15) is 16.8 Å². The average molecular weight is 376 g/mol. The van der Waals surface area contributed by atoms with Gasteiger partial charge in [0.15, 0.2) is 0 Å². The Hall–Kier alpha value is -3.41. The molecule has 0 unspecified atom stereocenters. The number of para-hydroxylation sites is 1. The van der Waals surface area contributed by atoms with Crippen LogP contribution in [0.5, 0.6) is 0 Å². The largest absolute Gasteiger partial charge is 0.358 e. The fraction of sp³-hybridized carbons (Fsp3) is 0.182. The number of hydrogen-bond acceptors (Lipinski definition) is 2. The van der Waals surface area contributed by atoms with Gasteiger partial charge < -0.3 is 10.3 Å². The first-order valence-electron chi connectivity index (χ1n) is 9.22. The van der Waals surface area contributed by atoms with Gasteiger partial charge >= 0.3 is 0 Å². The van der Waals surface area contributed by atoms with E-state index in [0.717, 1.165) is 33.4 Å². The summed E-state index contributed by atoms with van der Waals surface area (Å²) in [5, 5.41) is 8.07. The zero-order valence-corrected chi connectivity index (χ0v) is 15.6. The van der Waals surface area contributed by atoms with E-state index in [-0.39, 0.29) is 18.1 Å². The van der Waals surface area contributed by atoms with Crippen molar-refractivity contribution in [1.29, 1.82) is 0 Å². The standard InChI is InChI=1S/C22H21FN4O/c1-15-19(20-11-17(23)7-8-21(20)26-15)12-22(28)24-10-9-16-13-25-27(14-16)18-5-3-2-4-6-18/h2-8,11,13-14,26H,9-10,12H2,1H3,(H,24,28). The Balaban J connectivity index is 1.35. The third-order valence-corrected chi connectivity index (χ3v) is 4.81. The van der Waals surface area contributed by atoms with E-state index in [1.54, 1.807) is 6.07 Å². The lowest BCUT2D eigenvalue weighted by molar-refractivity contribution is -0.120. The third-order valence-electron chi connectivity index (χ3n) is 4.81. The van der Waals surface area contributed by atoms with Gasteiger partial charge in [-0.15, -0.1) is 0 Å². The molecule has 1 amide bonds. The predicted molar refractivity (Wildman–Crippen MR) is 107 cm³/mol. The summed E-state index contributed by atoms with van der Waals surface area (Å²) >= 11 is 0. The van der Waals surface area contributed by atoms with Gasteiger partial charge in [0.1, 0.15) is 5.82 Å². The zero-order valence-electron chi connectivity index (χ0n) is 15.6. The van der Waals surface area contributed by atoms with Crippen molar-refractivity contribution in [3.63, 3.8) is 0 Å². The van der Waals surface area contributed by atoms with Gasteiger partial charge in [0.25, 0.3) is 0 Å². The molecule has 0 atom stereocenters. The van der Waals surface area contributed by atoms with Crippen LogP contribution in [0.4, 0.5) is 4.39 Å². The summed E-state index contributed by atoms with van der Waals surface area (Å²) < 4.78 is 15.4. The van der Waals surface area contributed by atoms with Gasteiger partial charge in [-0.25, -0.2) is 9.07 Å². The number of hydrogen-bond donors (Lipinski definition) is 2. The molecule has 4 aromatic rings. The molecule has 2 heterocycles. The van der Waals surface area contributed by atoms with Crippen molar-refractivity contribution in [2.75, 3.05) is 6.54 Å². The summed E-state index contributed by atoms with van der Waals surface area (Å²) in [6, 6.07) is 14.5. The highest BCUT2D eigenvalue weighted by molar-refractivity contribution is 5.90. The van der Waals surface area contributed by atoms with E-state index in [1.807, 2.05) is 54.3 Å². The van der Waals surface area contributed by atoms with E-state index < -0.39 is 0 Å². The van der Waals surface area contributed by atoms with Gasteiger partial charge in [0.2, 0.25) is 5.91 Å². The molecular formula is C22H21FN4O. The molecule has 28 heavy (non-hydrogen) atoms. The highest BCUT2D eigenvalue weighted by Gasteiger charge is 2.13. The number of benzene rings is 2. The molecule has 2 N–H and O–H groups in total. The van der Waals surface area contributed by atoms with Crippen molar-refractivity contribution in [1.82, 2.24) is 20.1 Å². The molecule has 0 aliphatic carbocycles. The normalized spacial score (nSPS) is 11.1. The molecule has 0 saturated carbocycles. The van der Waals surface area contributed by atoms with E-state index in [1.165, 1.54) is 12.1 Å². The summed E-state index contributed by atoms with van der Waals surface area (Å²) in [4.78, 5) is 15.6. The van der Waals surface area contributed by atoms with E-state index in [2.05, 4.69) is 15.4 Å². The lowest BCUT2D eigenvalue weighted by atomic mass is 10.1. The second-order valence-corrected chi connectivity index (χ2v) is 6.82. The maximum Gasteiger partial charge on any atom is 0.224 e. The van der Waals surface area contributed by atoms with Crippen LogP contribution in [-0.2, 0) is 17.6 Å². The molecule has 142 valence electrons. The van der Waals surface area contributed by atoms with Crippen LogP contribution in [0, 0.1) is 12.7 Å². The van der Waals surface area contributed by atoms with Crippen LogP contribution >= 0.6 is 0 Å². The monoisotopic (exact) mass is 376 g/mol. The van der Waals surface area contributed by atoms with E-state index >= 15 is 0 Å². The summed E-state index contributed by atoms with van der Waals surface area (Å²) in [7, 11) is 0. The lowest BCUT2D eigenvalue weighted by Gasteiger charge is -2.05. The number of fused-ring (bicyclic) bond motifs is 1. The van der Waals surface area contributed by atoms with Crippen LogP contribution in [0.25, 0.3) is 16.6 Å². The molecule has 0 saturated heterocycles. The Morgan fingerprint density at radius 1 is 1.21 bits per heavy atom. The van der Waals surface area contributed by atoms with Crippen molar-refractivity contribution >= 4 is 16.8 Å². The van der Waals surface area contributed by atoms with Gasteiger partial charge in [-0.2, -0.15) is 5.10 Å². The van der Waals surface area contributed by atoms with Gasteiger partial charge in [-0.3, -0.25) is 4.79 Å². The molecule has 0 bridgehead atoms. The summed E-state index contributed by atoms with van der Waals surface area (Å²) in [5.41, 5.74) is 4.62. The molecule has 0 fully saturated rings. The average Bonchev–Trinajstić information content (AvgIpc) is 3.28. The van der Waals surface area contributed by atoms with Crippen LogP contribution in [-0.4, -0.2) is 27.2 Å². The number of amides is 1. The first-order valence-corrected chi connectivity index (χ1v) is 9.22. The number of aromatic amines is 1. The third kappa shape index (κ3) is 3.81. The van der Waals surface area contributed by atoms with Gasteiger partial charge in [0, 0.05) is 29.3 Å². The number of nitrogens with zero attached hydrogens (tertiary/aromatic N) is 2. The molecule has 0 aliphatic rings. The first-order chi connectivity index (χ1) is 13.6. The van der Waals surface area contributed by atoms with Crippen molar-refractivity contribution in [2.24, 2.45) is 0 Å².